The third kappa shape index (κ3) is 4.82. The van der Waals surface area contributed by atoms with Crippen LogP contribution in [0.2, 0.25) is 0 Å². The van der Waals surface area contributed by atoms with Crippen LogP contribution in [0.15, 0.2) is 46.8 Å². The smallest absolute Gasteiger partial charge is 0.191 e. The van der Waals surface area contributed by atoms with Crippen molar-refractivity contribution in [3.05, 3.63) is 57.8 Å². The molecule has 4 rings (SSSR count). The van der Waals surface area contributed by atoms with Crippen molar-refractivity contribution in [2.24, 2.45) is 4.99 Å². The van der Waals surface area contributed by atoms with E-state index in [0.29, 0.717) is 6.04 Å². The summed E-state index contributed by atoms with van der Waals surface area (Å²) < 4.78 is 5.55. The molecule has 1 saturated carbocycles. The van der Waals surface area contributed by atoms with Gasteiger partial charge < -0.3 is 15.4 Å². The van der Waals surface area contributed by atoms with Gasteiger partial charge in [-0.2, -0.15) is 0 Å². The van der Waals surface area contributed by atoms with Crippen molar-refractivity contribution in [1.29, 1.82) is 0 Å². The molecule has 0 bridgehead atoms. The van der Waals surface area contributed by atoms with Crippen LogP contribution in [0.25, 0.3) is 0 Å². The number of aliphatic imine (C=N–C) groups is 1. The summed E-state index contributed by atoms with van der Waals surface area (Å²) in [5.74, 6) is 0.889. The van der Waals surface area contributed by atoms with Gasteiger partial charge in [0.2, 0.25) is 0 Å². The van der Waals surface area contributed by atoms with Gasteiger partial charge in [-0.1, -0.05) is 30.3 Å². The maximum absolute atomic E-state index is 5.55. The predicted octanol–water partition coefficient (Wildman–Crippen LogP) is 3.33. The maximum Gasteiger partial charge on any atom is 0.191 e. The Bertz CT molecular complexity index is 810. The lowest BCUT2D eigenvalue weighted by Crippen LogP contribution is -2.47. The molecular weight excluding hydrogens is 380 g/mol. The van der Waals surface area contributed by atoms with Gasteiger partial charge in [0, 0.05) is 43.5 Å². The van der Waals surface area contributed by atoms with Gasteiger partial charge in [0.05, 0.1) is 19.3 Å². The summed E-state index contributed by atoms with van der Waals surface area (Å²) in [7, 11) is 1.86. The molecule has 6 heteroatoms. The van der Waals surface area contributed by atoms with E-state index in [9.17, 15) is 0 Å². The van der Waals surface area contributed by atoms with Crippen LogP contribution in [0.1, 0.15) is 34.9 Å². The molecule has 2 aromatic rings. The Kier molecular flexibility index (Phi) is 6.53. The lowest BCUT2D eigenvalue weighted by molar-refractivity contribution is 0.0177. The predicted molar refractivity (Wildman–Crippen MR) is 121 cm³/mol. The topological polar surface area (TPSA) is 48.9 Å². The van der Waals surface area contributed by atoms with Crippen LogP contribution in [-0.4, -0.2) is 57.3 Å². The number of hydrogen-bond donors (Lipinski definition) is 2. The van der Waals surface area contributed by atoms with Crippen LogP contribution in [-0.2, 0) is 10.2 Å². The SMILES string of the molecule is CN=C(NCC(c1cccs1)N1CCOCC1)NCC1(c2ccccc2C)CC1. The number of rotatable bonds is 7. The van der Waals surface area contributed by atoms with Gasteiger partial charge in [-0.3, -0.25) is 9.89 Å². The minimum absolute atomic E-state index is 0.264. The van der Waals surface area contributed by atoms with Gasteiger partial charge in [0.1, 0.15) is 0 Å². The first-order chi connectivity index (χ1) is 14.2. The summed E-state index contributed by atoms with van der Waals surface area (Å²) >= 11 is 1.83. The van der Waals surface area contributed by atoms with E-state index in [1.54, 1.807) is 0 Å². The molecule has 2 aliphatic rings. The zero-order chi connectivity index (χ0) is 20.1. The Labute approximate surface area is 178 Å². The molecule has 2 N–H and O–H groups in total. The summed E-state index contributed by atoms with van der Waals surface area (Å²) in [5.41, 5.74) is 3.13. The highest BCUT2D eigenvalue weighted by molar-refractivity contribution is 7.10. The summed E-state index contributed by atoms with van der Waals surface area (Å²) in [4.78, 5) is 8.40. The fourth-order valence-corrected chi connectivity index (χ4v) is 5.17. The van der Waals surface area contributed by atoms with E-state index in [2.05, 4.69) is 69.2 Å². The van der Waals surface area contributed by atoms with E-state index in [1.165, 1.54) is 28.8 Å². The molecule has 1 aromatic carbocycles. The number of hydrogen-bond acceptors (Lipinski definition) is 4. The van der Waals surface area contributed by atoms with Crippen molar-refractivity contribution in [2.45, 2.75) is 31.2 Å². The normalized spacial score (nSPS) is 20.3. The number of nitrogens with one attached hydrogen (secondary N) is 2. The summed E-state index contributed by atoms with van der Waals surface area (Å²) in [6.45, 7) is 7.58. The summed E-state index contributed by atoms with van der Waals surface area (Å²) in [5, 5.41) is 9.35. The minimum Gasteiger partial charge on any atom is -0.379 e. The monoisotopic (exact) mass is 412 g/mol. The standard InChI is InChI=1S/C23H32N4OS/c1-18-6-3-4-7-19(18)23(9-10-23)17-26-22(24-2)25-16-20(21-8-5-15-29-21)27-11-13-28-14-12-27/h3-8,15,20H,9-14,16-17H2,1-2H3,(H2,24,25,26). The lowest BCUT2D eigenvalue weighted by Gasteiger charge is -2.34. The number of thiophene rings is 1. The van der Waals surface area contributed by atoms with Gasteiger partial charge in [0.25, 0.3) is 0 Å². The molecule has 1 aliphatic carbocycles. The first kappa shape index (κ1) is 20.4. The Morgan fingerprint density at radius 3 is 2.62 bits per heavy atom. The van der Waals surface area contributed by atoms with E-state index in [0.717, 1.165) is 45.4 Å². The Morgan fingerprint density at radius 2 is 1.97 bits per heavy atom. The van der Waals surface area contributed by atoms with Crippen LogP contribution in [0, 0.1) is 6.92 Å². The fraction of sp³-hybridized carbons (Fsp3) is 0.522. The summed E-state index contributed by atoms with van der Waals surface area (Å²) in [6.07, 6.45) is 2.49. The van der Waals surface area contributed by atoms with Gasteiger partial charge in [-0.05, 0) is 42.3 Å². The second-order valence-electron chi connectivity index (χ2n) is 8.08. The van der Waals surface area contributed by atoms with E-state index in [4.69, 9.17) is 4.74 Å². The Hall–Kier alpha value is -1.89. The van der Waals surface area contributed by atoms with Gasteiger partial charge in [-0.25, -0.2) is 0 Å². The lowest BCUT2D eigenvalue weighted by atomic mass is 9.92. The van der Waals surface area contributed by atoms with E-state index >= 15 is 0 Å². The number of aryl methyl sites for hydroxylation is 1. The highest BCUT2D eigenvalue weighted by Crippen LogP contribution is 2.48. The molecule has 0 spiro atoms. The van der Waals surface area contributed by atoms with E-state index < -0.39 is 0 Å². The molecule has 1 saturated heterocycles. The Balaban J connectivity index is 1.36. The molecule has 1 atom stereocenters. The van der Waals surface area contributed by atoms with Crippen molar-refractivity contribution in [3.8, 4) is 0 Å². The molecule has 2 heterocycles. The molecule has 2 fully saturated rings. The van der Waals surface area contributed by atoms with Gasteiger partial charge >= 0.3 is 0 Å². The molecule has 156 valence electrons. The third-order valence-corrected chi connectivity index (χ3v) is 7.18. The molecule has 1 aromatic heterocycles. The minimum atomic E-state index is 0.264. The molecule has 0 amide bonds. The van der Waals surface area contributed by atoms with Crippen LogP contribution < -0.4 is 10.6 Å². The van der Waals surface area contributed by atoms with E-state index in [-0.39, 0.29) is 5.41 Å². The maximum atomic E-state index is 5.55. The molecule has 0 radical (unpaired) electrons. The number of ether oxygens (including phenoxy) is 1. The molecule has 5 nitrogen and oxygen atoms in total. The number of guanidine groups is 1. The van der Waals surface area contributed by atoms with Crippen LogP contribution in [0.3, 0.4) is 0 Å². The van der Waals surface area contributed by atoms with E-state index in [1.807, 2.05) is 18.4 Å². The molecule has 29 heavy (non-hydrogen) atoms. The average molecular weight is 413 g/mol. The zero-order valence-electron chi connectivity index (χ0n) is 17.5. The highest BCUT2D eigenvalue weighted by atomic mass is 32.1. The van der Waals surface area contributed by atoms with Crippen molar-refractivity contribution in [2.75, 3.05) is 46.4 Å². The second-order valence-corrected chi connectivity index (χ2v) is 9.06. The number of benzene rings is 1. The first-order valence-electron chi connectivity index (χ1n) is 10.6. The van der Waals surface area contributed by atoms with Crippen LogP contribution in [0.4, 0.5) is 0 Å². The van der Waals surface area contributed by atoms with Crippen molar-refractivity contribution < 1.29 is 4.74 Å². The third-order valence-electron chi connectivity index (χ3n) is 6.21. The van der Waals surface area contributed by atoms with Crippen LogP contribution in [0.5, 0.6) is 0 Å². The molecule has 1 aliphatic heterocycles. The Morgan fingerprint density at radius 1 is 1.17 bits per heavy atom. The number of morpholine rings is 1. The zero-order valence-corrected chi connectivity index (χ0v) is 18.3. The van der Waals surface area contributed by atoms with Crippen molar-refractivity contribution in [1.82, 2.24) is 15.5 Å². The highest BCUT2D eigenvalue weighted by Gasteiger charge is 2.44. The first-order valence-corrected chi connectivity index (χ1v) is 11.5. The quantitative estimate of drug-likeness (QED) is 0.541. The van der Waals surface area contributed by atoms with Crippen molar-refractivity contribution in [3.63, 3.8) is 0 Å². The fourth-order valence-electron chi connectivity index (χ4n) is 4.31. The largest absolute Gasteiger partial charge is 0.379 e. The van der Waals surface area contributed by atoms with Gasteiger partial charge in [-0.15, -0.1) is 11.3 Å². The second kappa shape index (κ2) is 9.28. The van der Waals surface area contributed by atoms with Gasteiger partial charge in [0.15, 0.2) is 5.96 Å². The molecular formula is C23H32N4OS. The van der Waals surface area contributed by atoms with Crippen molar-refractivity contribution >= 4 is 17.3 Å². The van der Waals surface area contributed by atoms with Crippen LogP contribution >= 0.6 is 11.3 Å². The average Bonchev–Trinajstić information content (AvgIpc) is 3.35. The molecule has 1 unspecified atom stereocenters. The summed E-state index contributed by atoms with van der Waals surface area (Å²) in [6, 6.07) is 13.5. The number of nitrogens with zero attached hydrogens (tertiary/aromatic N) is 2.